The van der Waals surface area contributed by atoms with Crippen molar-refractivity contribution >= 4 is 23.1 Å². The van der Waals surface area contributed by atoms with Crippen LogP contribution in [0.4, 0.5) is 17.1 Å². The van der Waals surface area contributed by atoms with Crippen LogP contribution in [0.2, 0.25) is 0 Å². The SMILES string of the molecule is CC(C)(C)c1cc(=NC2CCCC3CCC[N-]C32)c(O)c(C(C)(C)C)[cH-]1.CC(C)(C)c1cc([N-]c2cccc3c2[N-]CC=C3)c(O)c(C(C)(C)C)c1.[Mn+2]. The first-order valence-corrected chi connectivity index (χ1v) is 19.5. The predicted octanol–water partition coefficient (Wildman–Crippen LogP) is 12.7. The maximum Gasteiger partial charge on any atom is 2.00 e. The van der Waals surface area contributed by atoms with E-state index in [9.17, 15) is 10.2 Å². The average molecular weight is 760 g/mol. The van der Waals surface area contributed by atoms with Gasteiger partial charge in [-0.25, -0.2) is 0 Å². The fraction of sp³-hybridized carbons (Fsp3) is 0.565. The van der Waals surface area contributed by atoms with Crippen LogP contribution in [0.25, 0.3) is 22.0 Å². The topological polar surface area (TPSA) is 95.1 Å². The summed E-state index contributed by atoms with van der Waals surface area (Å²) in [4.78, 5) is 5.11. The molecule has 2 N–H and O–H groups in total. The summed E-state index contributed by atoms with van der Waals surface area (Å²) >= 11 is 0. The molecule has 0 bridgehead atoms. The van der Waals surface area contributed by atoms with Crippen molar-refractivity contribution in [3.05, 3.63) is 97.7 Å². The largest absolute Gasteiger partial charge is 2.00 e. The Kier molecular flexibility index (Phi) is 13.1. The van der Waals surface area contributed by atoms with Gasteiger partial charge in [0.1, 0.15) is 5.75 Å². The van der Waals surface area contributed by atoms with Gasteiger partial charge in [0.05, 0.1) is 0 Å². The van der Waals surface area contributed by atoms with Crippen molar-refractivity contribution in [2.24, 2.45) is 10.9 Å². The second-order valence-corrected chi connectivity index (χ2v) is 19.3. The van der Waals surface area contributed by atoms with Gasteiger partial charge in [0, 0.05) is 11.8 Å². The number of benzene rings is 3. The number of hydrogen-bond donors (Lipinski definition) is 2. The van der Waals surface area contributed by atoms with Crippen molar-refractivity contribution in [1.29, 1.82) is 0 Å². The Bertz CT molecular complexity index is 1830. The molecule has 0 spiro atoms. The van der Waals surface area contributed by atoms with E-state index in [0.717, 1.165) is 46.4 Å². The van der Waals surface area contributed by atoms with Crippen LogP contribution in [0.15, 0.2) is 53.5 Å². The first kappa shape index (κ1) is 42.6. The Morgan fingerprint density at radius 3 is 2.11 bits per heavy atom. The van der Waals surface area contributed by atoms with Crippen molar-refractivity contribution in [2.45, 2.75) is 149 Å². The molecule has 0 amide bonds. The zero-order chi connectivity index (χ0) is 38.2. The second-order valence-electron chi connectivity index (χ2n) is 19.3. The van der Waals surface area contributed by atoms with Gasteiger partial charge >= 0.3 is 17.1 Å². The van der Waals surface area contributed by atoms with Crippen molar-refractivity contribution in [3.63, 3.8) is 0 Å². The molecule has 3 atom stereocenters. The summed E-state index contributed by atoms with van der Waals surface area (Å²) in [6.07, 6.45) is 10.3. The summed E-state index contributed by atoms with van der Waals surface area (Å²) in [6.45, 7) is 27.7. The van der Waals surface area contributed by atoms with E-state index in [1.165, 1.54) is 36.8 Å². The molecule has 2 fully saturated rings. The van der Waals surface area contributed by atoms with E-state index in [4.69, 9.17) is 15.6 Å². The number of para-hydroxylation sites is 1. The third kappa shape index (κ3) is 10.1. The standard InChI is InChI=1S/C23H36N2O.C23H28N2O.Mn/c2*1-22(2,3)16-13-17(23(4,5)6)21(26)19(14-16)25-18-11-7-9-15-10-8-12-24-20(15)18;/h13-15,18,20,26H,7-12H2,1-6H3;7-11,13-14,26H,12H2,1-6H3;/q2*-2;+2. The molecule has 3 aromatic rings. The summed E-state index contributed by atoms with van der Waals surface area (Å²) in [5.41, 5.74) is 7.43. The molecule has 1 aliphatic carbocycles. The minimum absolute atomic E-state index is 0. The van der Waals surface area contributed by atoms with Crippen LogP contribution in [-0.2, 0) is 38.7 Å². The van der Waals surface area contributed by atoms with Gasteiger partial charge in [0.25, 0.3) is 0 Å². The molecule has 53 heavy (non-hydrogen) atoms. The van der Waals surface area contributed by atoms with Gasteiger partial charge in [0.2, 0.25) is 0 Å². The van der Waals surface area contributed by atoms with Crippen LogP contribution >= 0.6 is 0 Å². The Hall–Kier alpha value is -3.12. The van der Waals surface area contributed by atoms with E-state index >= 15 is 0 Å². The summed E-state index contributed by atoms with van der Waals surface area (Å²) in [7, 11) is 0. The maximum absolute atomic E-state index is 11.0. The van der Waals surface area contributed by atoms with E-state index < -0.39 is 0 Å². The summed E-state index contributed by atoms with van der Waals surface area (Å²) in [6, 6.07) is 15.0. The molecular weight excluding hydrogens is 695 g/mol. The van der Waals surface area contributed by atoms with E-state index in [1.807, 2.05) is 30.3 Å². The molecular formula is C46H64MnN4O2-2. The van der Waals surface area contributed by atoms with Gasteiger partial charge < -0.3 is 31.2 Å². The molecule has 0 aromatic heterocycles. The molecule has 7 heteroatoms. The van der Waals surface area contributed by atoms with Crippen LogP contribution in [0.3, 0.4) is 0 Å². The zero-order valence-electron chi connectivity index (χ0n) is 34.4. The molecule has 1 radical (unpaired) electrons. The Morgan fingerprint density at radius 1 is 0.774 bits per heavy atom. The number of phenolic OH excluding ortho intramolecular Hbond substituents is 2. The van der Waals surface area contributed by atoms with Gasteiger partial charge in [-0.1, -0.05) is 157 Å². The number of rotatable bonds is 3. The van der Waals surface area contributed by atoms with Crippen molar-refractivity contribution < 1.29 is 27.3 Å². The van der Waals surface area contributed by atoms with Crippen molar-refractivity contribution in [1.82, 2.24) is 0 Å². The minimum Gasteiger partial charge on any atom is -0.682 e. The van der Waals surface area contributed by atoms with Crippen LogP contribution in [-0.4, -0.2) is 35.4 Å². The third-order valence-electron chi connectivity index (χ3n) is 10.8. The number of fused-ring (bicyclic) bond motifs is 2. The molecule has 1 saturated heterocycles. The predicted molar refractivity (Wildman–Crippen MR) is 221 cm³/mol. The molecule has 3 unspecified atom stereocenters. The third-order valence-corrected chi connectivity index (χ3v) is 10.8. The quantitative estimate of drug-likeness (QED) is 0.205. The van der Waals surface area contributed by atoms with Gasteiger partial charge in [-0.3, -0.25) is 0 Å². The first-order chi connectivity index (χ1) is 24.1. The molecule has 1 saturated carbocycles. The number of phenols is 2. The van der Waals surface area contributed by atoms with Crippen molar-refractivity contribution in [2.75, 3.05) is 13.1 Å². The molecule has 2 aliphatic heterocycles. The van der Waals surface area contributed by atoms with Gasteiger partial charge in [-0.15, -0.1) is 48.1 Å². The maximum atomic E-state index is 11.0. The van der Waals surface area contributed by atoms with E-state index in [0.29, 0.717) is 29.9 Å². The first-order valence-electron chi connectivity index (χ1n) is 19.5. The monoisotopic (exact) mass is 759 g/mol. The molecule has 6 nitrogen and oxygen atoms in total. The Labute approximate surface area is 331 Å². The summed E-state index contributed by atoms with van der Waals surface area (Å²) < 4.78 is 0. The van der Waals surface area contributed by atoms with Gasteiger partial charge in [0.15, 0.2) is 0 Å². The van der Waals surface area contributed by atoms with Gasteiger partial charge in [-0.2, -0.15) is 11.8 Å². The fourth-order valence-electron chi connectivity index (χ4n) is 7.57. The summed E-state index contributed by atoms with van der Waals surface area (Å²) in [5, 5.41) is 37.1. The number of piperidine rings is 1. The molecule has 2 heterocycles. The van der Waals surface area contributed by atoms with Crippen LogP contribution in [0.5, 0.6) is 11.5 Å². The van der Waals surface area contributed by atoms with Gasteiger partial charge in [-0.05, 0) is 50.1 Å². The number of nitrogens with zero attached hydrogens (tertiary/aromatic N) is 4. The van der Waals surface area contributed by atoms with E-state index in [1.54, 1.807) is 0 Å². The molecule has 6 rings (SSSR count). The van der Waals surface area contributed by atoms with Crippen LogP contribution in [0, 0.1) is 5.92 Å². The van der Waals surface area contributed by atoms with Crippen LogP contribution in [0.1, 0.15) is 143 Å². The smallest absolute Gasteiger partial charge is 0.682 e. The summed E-state index contributed by atoms with van der Waals surface area (Å²) in [5.74, 6) is 1.32. The second kappa shape index (κ2) is 16.3. The van der Waals surface area contributed by atoms with E-state index in [-0.39, 0.29) is 50.5 Å². The van der Waals surface area contributed by atoms with E-state index in [2.05, 4.69) is 113 Å². The van der Waals surface area contributed by atoms with Crippen molar-refractivity contribution in [3.8, 4) is 11.5 Å². The Morgan fingerprint density at radius 2 is 1.47 bits per heavy atom. The normalized spacial score (nSPS) is 20.6. The molecule has 3 aliphatic rings. The number of aromatic hydroxyl groups is 2. The Balaban J connectivity index is 0.000000232. The number of hydrogen-bond acceptors (Lipinski definition) is 3. The average Bonchev–Trinajstić information content (AvgIpc) is 3.05. The molecule has 3 aromatic carbocycles. The minimum atomic E-state index is -0.168. The fourth-order valence-corrected chi connectivity index (χ4v) is 7.57. The van der Waals surface area contributed by atoms with Crippen LogP contribution < -0.4 is 5.36 Å². The molecule has 289 valence electrons. The zero-order valence-corrected chi connectivity index (χ0v) is 35.6.